The SMILES string of the molecule is O=C(CCCc1ccc(F)cc1)Nc1cccc(S(=O)(=O)N2CCCC2)c1. The molecule has 2 aromatic carbocycles. The number of hydrogen-bond donors (Lipinski definition) is 1. The van der Waals surface area contributed by atoms with Gasteiger partial charge in [0.25, 0.3) is 0 Å². The van der Waals surface area contributed by atoms with Gasteiger partial charge in [0.1, 0.15) is 5.82 Å². The second-order valence-electron chi connectivity index (χ2n) is 6.67. The summed E-state index contributed by atoms with van der Waals surface area (Å²) in [6.07, 6.45) is 3.37. The van der Waals surface area contributed by atoms with E-state index in [1.165, 1.54) is 22.5 Å². The van der Waals surface area contributed by atoms with Crippen molar-refractivity contribution in [3.8, 4) is 0 Å². The van der Waals surface area contributed by atoms with Gasteiger partial charge in [0.2, 0.25) is 15.9 Å². The molecule has 0 unspecified atom stereocenters. The average molecular weight is 390 g/mol. The van der Waals surface area contributed by atoms with E-state index in [-0.39, 0.29) is 16.6 Å². The standard InChI is InChI=1S/C20H23FN2O3S/c21-17-11-9-16(10-12-17)5-3-8-20(24)22-18-6-4-7-19(15-18)27(25,26)23-13-1-2-14-23/h4,6-7,9-12,15H,1-3,5,8,13-14H2,(H,22,24). The quantitative estimate of drug-likeness (QED) is 0.786. The number of nitrogens with one attached hydrogen (secondary N) is 1. The first-order valence-corrected chi connectivity index (χ1v) is 10.5. The molecule has 5 nitrogen and oxygen atoms in total. The van der Waals surface area contributed by atoms with Crippen LogP contribution in [0.1, 0.15) is 31.2 Å². The van der Waals surface area contributed by atoms with E-state index in [4.69, 9.17) is 0 Å². The molecule has 1 aliphatic rings. The van der Waals surface area contributed by atoms with Crippen molar-refractivity contribution in [3.05, 3.63) is 59.9 Å². The maximum absolute atomic E-state index is 12.9. The fourth-order valence-corrected chi connectivity index (χ4v) is 4.70. The number of benzene rings is 2. The Labute approximate surface area is 159 Å². The van der Waals surface area contributed by atoms with Crippen LogP contribution < -0.4 is 5.32 Å². The number of sulfonamides is 1. The van der Waals surface area contributed by atoms with Gasteiger partial charge in [0.15, 0.2) is 0 Å². The zero-order chi connectivity index (χ0) is 19.3. The van der Waals surface area contributed by atoms with Gasteiger partial charge in [0.05, 0.1) is 4.90 Å². The third-order valence-corrected chi connectivity index (χ3v) is 6.50. The van der Waals surface area contributed by atoms with Crippen LogP contribution in [-0.2, 0) is 21.2 Å². The Kier molecular flexibility index (Phi) is 6.23. The molecule has 1 aliphatic heterocycles. The van der Waals surface area contributed by atoms with Crippen LogP contribution in [0.15, 0.2) is 53.4 Å². The summed E-state index contributed by atoms with van der Waals surface area (Å²) < 4.78 is 39.6. The number of halogens is 1. The molecule has 7 heteroatoms. The second kappa shape index (κ2) is 8.63. The Morgan fingerprint density at radius 3 is 2.48 bits per heavy atom. The number of rotatable bonds is 7. The molecular formula is C20H23FN2O3S. The summed E-state index contributed by atoms with van der Waals surface area (Å²) in [5, 5.41) is 2.76. The summed E-state index contributed by atoms with van der Waals surface area (Å²) in [6, 6.07) is 12.6. The predicted molar refractivity (Wildman–Crippen MR) is 102 cm³/mol. The van der Waals surface area contributed by atoms with Gasteiger partial charge in [-0.3, -0.25) is 4.79 Å². The van der Waals surface area contributed by atoms with Gasteiger partial charge in [-0.05, 0) is 61.6 Å². The first kappa shape index (κ1) is 19.5. The predicted octanol–water partition coefficient (Wildman–Crippen LogP) is 3.57. The molecule has 144 valence electrons. The maximum Gasteiger partial charge on any atom is 0.243 e. The van der Waals surface area contributed by atoms with E-state index in [1.807, 2.05) is 0 Å². The third-order valence-electron chi connectivity index (χ3n) is 4.60. The summed E-state index contributed by atoms with van der Waals surface area (Å²) in [6.45, 7) is 1.09. The minimum absolute atomic E-state index is 0.173. The second-order valence-corrected chi connectivity index (χ2v) is 8.61. The van der Waals surface area contributed by atoms with E-state index in [1.54, 1.807) is 30.3 Å². The largest absolute Gasteiger partial charge is 0.326 e. The molecule has 3 rings (SSSR count). The topological polar surface area (TPSA) is 66.5 Å². The van der Waals surface area contributed by atoms with Crippen LogP contribution >= 0.6 is 0 Å². The van der Waals surface area contributed by atoms with Crippen molar-refractivity contribution in [2.24, 2.45) is 0 Å². The smallest absolute Gasteiger partial charge is 0.243 e. The van der Waals surface area contributed by atoms with Crippen LogP contribution in [-0.4, -0.2) is 31.7 Å². The lowest BCUT2D eigenvalue weighted by molar-refractivity contribution is -0.116. The Hall–Kier alpha value is -2.25. The summed E-state index contributed by atoms with van der Waals surface area (Å²) in [4.78, 5) is 12.3. The van der Waals surface area contributed by atoms with Gasteiger partial charge in [-0.15, -0.1) is 0 Å². The van der Waals surface area contributed by atoms with Crippen LogP contribution in [0.4, 0.5) is 10.1 Å². The Balaban J connectivity index is 1.55. The molecule has 0 saturated carbocycles. The lowest BCUT2D eigenvalue weighted by Crippen LogP contribution is -2.27. The molecule has 0 radical (unpaired) electrons. The number of amides is 1. The first-order valence-electron chi connectivity index (χ1n) is 9.10. The molecule has 1 amide bonds. The van der Waals surface area contributed by atoms with Crippen LogP contribution in [0.5, 0.6) is 0 Å². The number of nitrogens with zero attached hydrogens (tertiary/aromatic N) is 1. The lowest BCUT2D eigenvalue weighted by atomic mass is 10.1. The van der Waals surface area contributed by atoms with E-state index in [0.29, 0.717) is 38.0 Å². The normalized spacial score (nSPS) is 15.0. The fraction of sp³-hybridized carbons (Fsp3) is 0.350. The molecule has 0 atom stereocenters. The van der Waals surface area contributed by atoms with Crippen molar-refractivity contribution in [2.45, 2.75) is 37.0 Å². The van der Waals surface area contributed by atoms with Crippen molar-refractivity contribution in [3.63, 3.8) is 0 Å². The zero-order valence-corrected chi connectivity index (χ0v) is 15.8. The van der Waals surface area contributed by atoms with E-state index in [9.17, 15) is 17.6 Å². The summed E-state index contributed by atoms with van der Waals surface area (Å²) in [5.41, 5.74) is 1.45. The van der Waals surface area contributed by atoms with Crippen LogP contribution in [0.25, 0.3) is 0 Å². The zero-order valence-electron chi connectivity index (χ0n) is 15.0. The Morgan fingerprint density at radius 1 is 1.07 bits per heavy atom. The Morgan fingerprint density at radius 2 is 1.78 bits per heavy atom. The number of carbonyl (C=O) groups is 1. The molecule has 0 bridgehead atoms. The molecule has 0 aliphatic carbocycles. The first-order chi connectivity index (χ1) is 12.9. The third kappa shape index (κ3) is 5.14. The van der Waals surface area contributed by atoms with Gasteiger partial charge in [0, 0.05) is 25.2 Å². The minimum Gasteiger partial charge on any atom is -0.326 e. The molecule has 1 saturated heterocycles. The highest BCUT2D eigenvalue weighted by Crippen LogP contribution is 2.23. The highest BCUT2D eigenvalue weighted by atomic mass is 32.2. The van der Waals surface area contributed by atoms with Gasteiger partial charge in [-0.2, -0.15) is 4.31 Å². The molecule has 1 N–H and O–H groups in total. The number of carbonyl (C=O) groups excluding carboxylic acids is 1. The number of hydrogen-bond acceptors (Lipinski definition) is 3. The molecule has 1 fully saturated rings. The van der Waals surface area contributed by atoms with E-state index < -0.39 is 10.0 Å². The van der Waals surface area contributed by atoms with E-state index >= 15 is 0 Å². The van der Waals surface area contributed by atoms with Gasteiger partial charge < -0.3 is 5.32 Å². The summed E-state index contributed by atoms with van der Waals surface area (Å²) in [7, 11) is -3.50. The molecule has 0 aromatic heterocycles. The lowest BCUT2D eigenvalue weighted by Gasteiger charge is -2.16. The van der Waals surface area contributed by atoms with Crippen molar-refractivity contribution in [2.75, 3.05) is 18.4 Å². The van der Waals surface area contributed by atoms with E-state index in [0.717, 1.165) is 18.4 Å². The van der Waals surface area contributed by atoms with Crippen molar-refractivity contribution < 1.29 is 17.6 Å². The average Bonchev–Trinajstić information content (AvgIpc) is 3.19. The molecular weight excluding hydrogens is 367 g/mol. The van der Waals surface area contributed by atoms with Crippen LogP contribution in [0.2, 0.25) is 0 Å². The van der Waals surface area contributed by atoms with Gasteiger partial charge in [-0.1, -0.05) is 18.2 Å². The van der Waals surface area contributed by atoms with Crippen LogP contribution in [0, 0.1) is 5.82 Å². The molecule has 1 heterocycles. The van der Waals surface area contributed by atoms with Crippen LogP contribution in [0.3, 0.4) is 0 Å². The summed E-state index contributed by atoms with van der Waals surface area (Å²) >= 11 is 0. The monoisotopic (exact) mass is 390 g/mol. The fourth-order valence-electron chi connectivity index (χ4n) is 3.14. The van der Waals surface area contributed by atoms with Crippen molar-refractivity contribution in [1.82, 2.24) is 4.31 Å². The van der Waals surface area contributed by atoms with Gasteiger partial charge in [-0.25, -0.2) is 12.8 Å². The molecule has 27 heavy (non-hydrogen) atoms. The highest BCUT2D eigenvalue weighted by Gasteiger charge is 2.27. The molecule has 2 aromatic rings. The minimum atomic E-state index is -3.50. The summed E-state index contributed by atoms with van der Waals surface area (Å²) in [5.74, 6) is -0.451. The maximum atomic E-state index is 12.9. The highest BCUT2D eigenvalue weighted by molar-refractivity contribution is 7.89. The number of aryl methyl sites for hydroxylation is 1. The van der Waals surface area contributed by atoms with Crippen molar-refractivity contribution >= 4 is 21.6 Å². The van der Waals surface area contributed by atoms with E-state index in [2.05, 4.69) is 5.32 Å². The Bertz CT molecular complexity index is 892. The number of anilines is 1. The molecule has 0 spiro atoms. The van der Waals surface area contributed by atoms with Gasteiger partial charge >= 0.3 is 0 Å². The van der Waals surface area contributed by atoms with Crippen molar-refractivity contribution in [1.29, 1.82) is 0 Å².